The predicted molar refractivity (Wildman–Crippen MR) is 66.1 cm³/mol. The van der Waals surface area contributed by atoms with Crippen LogP contribution in [0.3, 0.4) is 0 Å². The first kappa shape index (κ1) is 14.1. The maximum atomic E-state index is 13.5. The molecule has 0 amide bonds. The summed E-state index contributed by atoms with van der Waals surface area (Å²) in [6.07, 6.45) is 3.10. The molecule has 1 rings (SSSR count). The topological polar surface area (TPSA) is 45.1 Å². The average molecular weight is 240 g/mol. The molecule has 96 valence electrons. The van der Waals surface area contributed by atoms with Gasteiger partial charge in [0.15, 0.2) is 0 Å². The molecule has 1 heterocycles. The molecule has 0 aromatic carbocycles. The Bertz CT molecular complexity index is 353. The molecule has 0 bridgehead atoms. The highest BCUT2D eigenvalue weighted by Gasteiger charge is 2.25. The molecule has 0 aliphatic rings. The third-order valence-corrected chi connectivity index (χ3v) is 2.69. The molecule has 1 aromatic heterocycles. The Balaban J connectivity index is 2.54. The fraction of sp³-hybridized carbons (Fsp3) is 0.615. The first-order valence-corrected chi connectivity index (χ1v) is 5.96. The van der Waals surface area contributed by atoms with Gasteiger partial charge in [-0.2, -0.15) is 0 Å². The molecule has 0 aliphatic carbocycles. The molecule has 0 fully saturated rings. The standard InChI is InChI=1S/C13H21FN2O/c1-10(2)8-16-7-5-13(3,17)11-4-6-15-9-12(11)14/h4,6,9-10,16-17H,5,7-8H2,1-3H3. The van der Waals surface area contributed by atoms with Crippen LogP contribution in [0, 0.1) is 11.7 Å². The highest BCUT2D eigenvalue weighted by molar-refractivity contribution is 5.20. The molecule has 1 aromatic rings. The van der Waals surface area contributed by atoms with E-state index in [0.29, 0.717) is 24.4 Å². The van der Waals surface area contributed by atoms with Crippen LogP contribution >= 0.6 is 0 Å². The summed E-state index contributed by atoms with van der Waals surface area (Å²) in [5, 5.41) is 13.5. The van der Waals surface area contributed by atoms with E-state index >= 15 is 0 Å². The van der Waals surface area contributed by atoms with Crippen LogP contribution in [-0.4, -0.2) is 23.2 Å². The van der Waals surface area contributed by atoms with Crippen LogP contribution in [0.5, 0.6) is 0 Å². The Morgan fingerprint density at radius 2 is 2.24 bits per heavy atom. The number of hydrogen-bond donors (Lipinski definition) is 2. The molecule has 0 aliphatic heterocycles. The number of aromatic nitrogens is 1. The largest absolute Gasteiger partial charge is 0.385 e. The molecular formula is C13H21FN2O. The van der Waals surface area contributed by atoms with Crippen LogP contribution in [0.15, 0.2) is 18.5 Å². The van der Waals surface area contributed by atoms with Gasteiger partial charge in [0.1, 0.15) is 5.82 Å². The van der Waals surface area contributed by atoms with Crippen molar-refractivity contribution < 1.29 is 9.50 Å². The van der Waals surface area contributed by atoms with E-state index in [1.165, 1.54) is 12.3 Å². The first-order valence-electron chi connectivity index (χ1n) is 5.96. The smallest absolute Gasteiger partial charge is 0.147 e. The van der Waals surface area contributed by atoms with Gasteiger partial charge in [-0.05, 0) is 38.4 Å². The molecule has 1 atom stereocenters. The normalized spacial score (nSPS) is 14.9. The Morgan fingerprint density at radius 1 is 1.53 bits per heavy atom. The summed E-state index contributed by atoms with van der Waals surface area (Å²) in [5.41, 5.74) is -0.851. The van der Waals surface area contributed by atoms with Gasteiger partial charge in [-0.1, -0.05) is 13.8 Å². The highest BCUT2D eigenvalue weighted by atomic mass is 19.1. The zero-order valence-corrected chi connectivity index (χ0v) is 10.7. The van der Waals surface area contributed by atoms with E-state index in [4.69, 9.17) is 0 Å². The number of hydrogen-bond acceptors (Lipinski definition) is 3. The quantitative estimate of drug-likeness (QED) is 0.748. The van der Waals surface area contributed by atoms with Gasteiger partial charge in [0.2, 0.25) is 0 Å². The van der Waals surface area contributed by atoms with Gasteiger partial charge in [0.25, 0.3) is 0 Å². The molecule has 1 unspecified atom stereocenters. The third kappa shape index (κ3) is 4.40. The predicted octanol–water partition coefficient (Wildman–Crippen LogP) is 2.06. The third-order valence-electron chi connectivity index (χ3n) is 2.69. The Hall–Kier alpha value is -1.00. The summed E-state index contributed by atoms with van der Waals surface area (Å²) in [6.45, 7) is 7.42. The summed E-state index contributed by atoms with van der Waals surface area (Å²) >= 11 is 0. The Morgan fingerprint density at radius 3 is 2.82 bits per heavy atom. The first-order chi connectivity index (χ1) is 7.93. The van der Waals surface area contributed by atoms with Crippen LogP contribution in [-0.2, 0) is 5.60 Å². The molecule has 0 saturated carbocycles. The monoisotopic (exact) mass is 240 g/mol. The lowest BCUT2D eigenvalue weighted by Gasteiger charge is -2.24. The van der Waals surface area contributed by atoms with E-state index in [9.17, 15) is 9.50 Å². The Kier molecular flexibility index (Phi) is 5.02. The molecule has 2 N–H and O–H groups in total. The molecule has 17 heavy (non-hydrogen) atoms. The fourth-order valence-corrected chi connectivity index (χ4v) is 1.67. The van der Waals surface area contributed by atoms with E-state index in [-0.39, 0.29) is 0 Å². The number of nitrogens with one attached hydrogen (secondary N) is 1. The second-order valence-electron chi connectivity index (χ2n) is 4.98. The van der Waals surface area contributed by atoms with Crippen molar-refractivity contribution in [1.82, 2.24) is 10.3 Å². The minimum atomic E-state index is -1.16. The van der Waals surface area contributed by atoms with Crippen LogP contribution in [0.4, 0.5) is 4.39 Å². The van der Waals surface area contributed by atoms with Crippen molar-refractivity contribution in [1.29, 1.82) is 0 Å². The summed E-state index contributed by atoms with van der Waals surface area (Å²) in [7, 11) is 0. The van der Waals surface area contributed by atoms with E-state index in [0.717, 1.165) is 12.7 Å². The number of rotatable bonds is 6. The molecule has 0 saturated heterocycles. The lowest BCUT2D eigenvalue weighted by atomic mass is 9.93. The van der Waals surface area contributed by atoms with Gasteiger partial charge in [-0.15, -0.1) is 0 Å². The summed E-state index contributed by atoms with van der Waals surface area (Å²) < 4.78 is 13.5. The van der Waals surface area contributed by atoms with Crippen LogP contribution < -0.4 is 5.32 Å². The maximum absolute atomic E-state index is 13.5. The van der Waals surface area contributed by atoms with Gasteiger partial charge >= 0.3 is 0 Å². The summed E-state index contributed by atoms with van der Waals surface area (Å²) in [6, 6.07) is 1.53. The van der Waals surface area contributed by atoms with E-state index in [1.54, 1.807) is 6.92 Å². The van der Waals surface area contributed by atoms with Crippen molar-refractivity contribution in [3.8, 4) is 0 Å². The molecule has 0 spiro atoms. The number of nitrogens with zero attached hydrogens (tertiary/aromatic N) is 1. The lowest BCUT2D eigenvalue weighted by Crippen LogP contribution is -2.30. The molecular weight excluding hydrogens is 219 g/mol. The number of pyridine rings is 1. The van der Waals surface area contributed by atoms with Crippen LogP contribution in [0.25, 0.3) is 0 Å². The van der Waals surface area contributed by atoms with Gasteiger partial charge < -0.3 is 10.4 Å². The van der Waals surface area contributed by atoms with Crippen molar-refractivity contribution >= 4 is 0 Å². The SMILES string of the molecule is CC(C)CNCCC(C)(O)c1ccncc1F. The van der Waals surface area contributed by atoms with E-state index in [2.05, 4.69) is 24.1 Å². The van der Waals surface area contributed by atoms with Gasteiger partial charge in [0.05, 0.1) is 11.8 Å². The molecule has 0 radical (unpaired) electrons. The second kappa shape index (κ2) is 6.07. The van der Waals surface area contributed by atoms with E-state index < -0.39 is 11.4 Å². The zero-order chi connectivity index (χ0) is 12.9. The van der Waals surface area contributed by atoms with Gasteiger partial charge in [-0.3, -0.25) is 4.98 Å². The minimum Gasteiger partial charge on any atom is -0.385 e. The van der Waals surface area contributed by atoms with Crippen LogP contribution in [0.2, 0.25) is 0 Å². The average Bonchev–Trinajstić information content (AvgIpc) is 2.24. The Labute approximate surface area is 102 Å². The number of aliphatic hydroxyl groups is 1. The van der Waals surface area contributed by atoms with Crippen molar-refractivity contribution in [3.63, 3.8) is 0 Å². The van der Waals surface area contributed by atoms with E-state index in [1.807, 2.05) is 0 Å². The zero-order valence-electron chi connectivity index (χ0n) is 10.7. The van der Waals surface area contributed by atoms with Gasteiger partial charge in [0, 0.05) is 11.8 Å². The number of halogens is 1. The van der Waals surface area contributed by atoms with Crippen molar-refractivity contribution in [2.45, 2.75) is 32.8 Å². The van der Waals surface area contributed by atoms with Crippen molar-refractivity contribution in [2.24, 2.45) is 5.92 Å². The summed E-state index contributed by atoms with van der Waals surface area (Å²) in [5.74, 6) is 0.110. The molecule has 4 heteroatoms. The molecule has 3 nitrogen and oxygen atoms in total. The maximum Gasteiger partial charge on any atom is 0.147 e. The summed E-state index contributed by atoms with van der Waals surface area (Å²) in [4.78, 5) is 3.68. The fourth-order valence-electron chi connectivity index (χ4n) is 1.67. The highest BCUT2D eigenvalue weighted by Crippen LogP contribution is 2.25. The van der Waals surface area contributed by atoms with Crippen molar-refractivity contribution in [3.05, 3.63) is 29.8 Å². The van der Waals surface area contributed by atoms with Crippen LogP contribution in [0.1, 0.15) is 32.8 Å². The van der Waals surface area contributed by atoms with Crippen molar-refractivity contribution in [2.75, 3.05) is 13.1 Å². The minimum absolute atomic E-state index is 0.304. The lowest BCUT2D eigenvalue weighted by molar-refractivity contribution is 0.0440. The second-order valence-corrected chi connectivity index (χ2v) is 4.98. The van der Waals surface area contributed by atoms with Gasteiger partial charge in [-0.25, -0.2) is 4.39 Å².